The van der Waals surface area contributed by atoms with Gasteiger partial charge in [0.25, 0.3) is 7.82 Å². The first kappa shape index (κ1) is 60.2. The summed E-state index contributed by atoms with van der Waals surface area (Å²) in [6.45, 7) is 4.59. The van der Waals surface area contributed by atoms with Crippen molar-refractivity contribution < 1.29 is 32.9 Å². The second-order valence-electron chi connectivity index (χ2n) is 18.5. The fourth-order valence-electron chi connectivity index (χ4n) is 7.10. The number of rotatable bonds is 46. The second kappa shape index (κ2) is 44.4. The lowest BCUT2D eigenvalue weighted by molar-refractivity contribution is -0.870. The highest BCUT2D eigenvalue weighted by Gasteiger charge is 2.23. The van der Waals surface area contributed by atoms with Gasteiger partial charge in [-0.05, 0) is 77.0 Å². The van der Waals surface area contributed by atoms with Gasteiger partial charge in [-0.2, -0.15) is 0 Å². The first-order chi connectivity index (χ1) is 30.0. The molecule has 0 aliphatic carbocycles. The predicted octanol–water partition coefficient (Wildman–Crippen LogP) is 14.3. The van der Waals surface area contributed by atoms with Gasteiger partial charge in [0.15, 0.2) is 0 Å². The van der Waals surface area contributed by atoms with E-state index in [4.69, 9.17) is 9.05 Å². The maximum absolute atomic E-state index is 12.9. The lowest BCUT2D eigenvalue weighted by atomic mass is 10.0. The first-order valence-corrected chi connectivity index (χ1v) is 27.1. The minimum Gasteiger partial charge on any atom is -0.756 e. The van der Waals surface area contributed by atoms with Crippen LogP contribution >= 0.6 is 7.82 Å². The van der Waals surface area contributed by atoms with E-state index in [-0.39, 0.29) is 12.5 Å². The highest BCUT2D eigenvalue weighted by molar-refractivity contribution is 7.45. The standard InChI is InChI=1S/C53H99N2O6P/c1-6-8-10-12-14-16-18-20-22-24-25-26-27-28-29-30-31-32-34-36-38-40-42-44-46-52(56)51(50-61-62(58,59)60-49-48-55(3,4)5)54-53(57)47-45-43-41-39-37-35-33-23-21-19-17-15-13-11-9-7-2/h17,19,23,30-31,33,36,38,44,46,51-52,56H,6-16,18,20-22,24-29,32,34-35,37,39-43,45,47-50H2,1-5H3,(H-,54,57,58,59)/b19-17-,31-30+,33-23-,38-36+,46-44+. The molecule has 0 aromatic heterocycles. The maximum Gasteiger partial charge on any atom is 0.268 e. The molecule has 0 aromatic carbocycles. The summed E-state index contributed by atoms with van der Waals surface area (Å²) in [7, 11) is 1.22. The molecule has 0 spiro atoms. The van der Waals surface area contributed by atoms with Crippen LogP contribution < -0.4 is 10.2 Å². The number of unbranched alkanes of at least 4 members (excludes halogenated alkanes) is 25. The van der Waals surface area contributed by atoms with Crippen molar-refractivity contribution in [3.05, 3.63) is 60.8 Å². The number of likely N-dealkylation sites (N-methyl/N-ethyl adjacent to an activating group) is 1. The third-order valence-corrected chi connectivity index (χ3v) is 12.1. The Balaban J connectivity index is 4.40. The molecule has 9 heteroatoms. The van der Waals surface area contributed by atoms with Crippen LogP contribution in [0, 0.1) is 0 Å². The van der Waals surface area contributed by atoms with Crippen LogP contribution in [0.25, 0.3) is 0 Å². The number of phosphoric acid groups is 1. The van der Waals surface area contributed by atoms with Crippen LogP contribution in [-0.4, -0.2) is 68.5 Å². The van der Waals surface area contributed by atoms with Gasteiger partial charge in [-0.3, -0.25) is 9.36 Å². The van der Waals surface area contributed by atoms with Gasteiger partial charge in [0, 0.05) is 6.42 Å². The quantitative estimate of drug-likeness (QED) is 0.0273. The van der Waals surface area contributed by atoms with Crippen molar-refractivity contribution in [3.8, 4) is 0 Å². The Labute approximate surface area is 383 Å². The SMILES string of the molecule is CCCCCC/C=C\C/C=C\CCCCCCCC(=O)NC(COP(=O)([O-])OCC[N+](C)(C)C)C(O)/C=C/CC/C=C/CC/C=C/CCCCCCCCCCCCCCCC. The molecule has 0 bridgehead atoms. The van der Waals surface area contributed by atoms with Crippen molar-refractivity contribution in [2.24, 2.45) is 0 Å². The Morgan fingerprint density at radius 3 is 1.42 bits per heavy atom. The third kappa shape index (κ3) is 46.2. The van der Waals surface area contributed by atoms with Crippen LogP contribution in [0.4, 0.5) is 0 Å². The summed E-state index contributed by atoms with van der Waals surface area (Å²) in [6, 6.07) is -0.919. The van der Waals surface area contributed by atoms with Crippen molar-refractivity contribution in [2.45, 2.75) is 231 Å². The molecule has 0 saturated heterocycles. The van der Waals surface area contributed by atoms with E-state index in [0.29, 0.717) is 17.4 Å². The van der Waals surface area contributed by atoms with Crippen LogP contribution in [0.5, 0.6) is 0 Å². The van der Waals surface area contributed by atoms with Crippen LogP contribution in [-0.2, 0) is 18.4 Å². The number of phosphoric ester groups is 1. The lowest BCUT2D eigenvalue weighted by Gasteiger charge is -2.29. The molecule has 8 nitrogen and oxygen atoms in total. The molecule has 3 unspecified atom stereocenters. The number of amides is 1. The fraction of sp³-hybridized carbons (Fsp3) is 0.792. The summed E-state index contributed by atoms with van der Waals surface area (Å²) in [5, 5.41) is 13.8. The topological polar surface area (TPSA) is 108 Å². The van der Waals surface area contributed by atoms with E-state index in [0.717, 1.165) is 70.6 Å². The average molecular weight is 891 g/mol. The number of allylic oxidation sites excluding steroid dienone is 9. The number of hydrogen-bond acceptors (Lipinski definition) is 6. The summed E-state index contributed by atoms with van der Waals surface area (Å²) >= 11 is 0. The molecule has 1 amide bonds. The van der Waals surface area contributed by atoms with E-state index in [9.17, 15) is 19.4 Å². The lowest BCUT2D eigenvalue weighted by Crippen LogP contribution is -2.45. The molecule has 362 valence electrons. The summed E-state index contributed by atoms with van der Waals surface area (Å²) in [5.41, 5.74) is 0. The van der Waals surface area contributed by atoms with Crippen molar-refractivity contribution in [1.29, 1.82) is 0 Å². The van der Waals surface area contributed by atoms with E-state index in [1.54, 1.807) is 6.08 Å². The molecule has 0 saturated carbocycles. The zero-order valence-electron chi connectivity index (χ0n) is 41.1. The molecule has 0 rings (SSSR count). The fourth-order valence-corrected chi connectivity index (χ4v) is 7.82. The Morgan fingerprint density at radius 2 is 0.952 bits per heavy atom. The number of quaternary nitrogens is 1. The number of nitrogens with zero attached hydrogens (tertiary/aromatic N) is 1. The van der Waals surface area contributed by atoms with Gasteiger partial charge in [-0.15, -0.1) is 0 Å². The summed E-state index contributed by atoms with van der Waals surface area (Å²) in [6.07, 6.45) is 58.6. The van der Waals surface area contributed by atoms with Crippen molar-refractivity contribution in [1.82, 2.24) is 5.32 Å². The largest absolute Gasteiger partial charge is 0.756 e. The van der Waals surface area contributed by atoms with Gasteiger partial charge in [0.1, 0.15) is 13.2 Å². The molecule has 0 heterocycles. The number of hydrogen-bond donors (Lipinski definition) is 2. The Hall–Kier alpha value is -1.80. The molecule has 3 atom stereocenters. The summed E-state index contributed by atoms with van der Waals surface area (Å²) < 4.78 is 23.2. The molecule has 0 aliphatic heterocycles. The van der Waals surface area contributed by atoms with Crippen LogP contribution in [0.15, 0.2) is 60.8 Å². The van der Waals surface area contributed by atoms with Crippen LogP contribution in [0.3, 0.4) is 0 Å². The van der Waals surface area contributed by atoms with Crippen molar-refractivity contribution >= 4 is 13.7 Å². The highest BCUT2D eigenvalue weighted by atomic mass is 31.2. The van der Waals surface area contributed by atoms with Crippen LogP contribution in [0.1, 0.15) is 219 Å². The summed E-state index contributed by atoms with van der Waals surface area (Å²) in [5.74, 6) is -0.226. The number of carbonyl (C=O) groups is 1. The van der Waals surface area contributed by atoms with E-state index >= 15 is 0 Å². The Kier molecular flexibility index (Phi) is 43.1. The molecule has 62 heavy (non-hydrogen) atoms. The van der Waals surface area contributed by atoms with Crippen molar-refractivity contribution in [3.63, 3.8) is 0 Å². The van der Waals surface area contributed by atoms with Gasteiger partial charge in [0.05, 0.1) is 39.9 Å². The molecular formula is C53H99N2O6P. The molecular weight excluding hydrogens is 792 g/mol. The molecule has 0 fully saturated rings. The maximum atomic E-state index is 12.9. The zero-order chi connectivity index (χ0) is 45.7. The number of aliphatic hydroxyl groups is 1. The number of nitrogens with one attached hydrogen (secondary N) is 1. The monoisotopic (exact) mass is 891 g/mol. The highest BCUT2D eigenvalue weighted by Crippen LogP contribution is 2.38. The van der Waals surface area contributed by atoms with Gasteiger partial charge in [-0.25, -0.2) is 0 Å². The van der Waals surface area contributed by atoms with E-state index in [1.807, 2.05) is 27.2 Å². The molecule has 0 radical (unpaired) electrons. The minimum atomic E-state index is -4.61. The van der Waals surface area contributed by atoms with Gasteiger partial charge in [-0.1, -0.05) is 197 Å². The number of aliphatic hydroxyl groups excluding tert-OH is 1. The van der Waals surface area contributed by atoms with Gasteiger partial charge >= 0.3 is 0 Å². The van der Waals surface area contributed by atoms with Crippen molar-refractivity contribution in [2.75, 3.05) is 40.9 Å². The van der Waals surface area contributed by atoms with E-state index in [1.165, 1.54) is 128 Å². The van der Waals surface area contributed by atoms with Crippen LogP contribution in [0.2, 0.25) is 0 Å². The Bertz CT molecular complexity index is 1190. The van der Waals surface area contributed by atoms with E-state index in [2.05, 4.69) is 67.8 Å². The van der Waals surface area contributed by atoms with E-state index < -0.39 is 26.6 Å². The third-order valence-electron chi connectivity index (χ3n) is 11.2. The second-order valence-corrected chi connectivity index (χ2v) is 19.9. The predicted molar refractivity (Wildman–Crippen MR) is 265 cm³/mol. The first-order valence-electron chi connectivity index (χ1n) is 25.7. The minimum absolute atomic E-state index is 0.0139. The van der Waals surface area contributed by atoms with Gasteiger partial charge in [0.2, 0.25) is 5.91 Å². The Morgan fingerprint density at radius 1 is 0.565 bits per heavy atom. The molecule has 2 N–H and O–H groups in total. The smallest absolute Gasteiger partial charge is 0.268 e. The molecule has 0 aromatic rings. The summed E-state index contributed by atoms with van der Waals surface area (Å²) in [4.78, 5) is 25.4. The average Bonchev–Trinajstić information content (AvgIpc) is 3.23. The normalized spacial score (nSPS) is 14.6. The zero-order valence-corrected chi connectivity index (χ0v) is 42.0. The molecule has 0 aliphatic rings. The van der Waals surface area contributed by atoms with Gasteiger partial charge < -0.3 is 28.8 Å². The number of carbonyl (C=O) groups excluding carboxylic acids is 1.